The largest absolute Gasteiger partial charge is 0.508 e. The van der Waals surface area contributed by atoms with E-state index in [4.69, 9.17) is 0 Å². The van der Waals surface area contributed by atoms with E-state index in [2.05, 4.69) is 17.9 Å². The zero-order valence-corrected chi connectivity index (χ0v) is 11.9. The van der Waals surface area contributed by atoms with Gasteiger partial charge in [0.25, 0.3) is 0 Å². The maximum atomic E-state index is 10.0. The Morgan fingerprint density at radius 3 is 2.74 bits per heavy atom. The maximum absolute atomic E-state index is 10.0. The van der Waals surface area contributed by atoms with Crippen LogP contribution in [0.25, 0.3) is 0 Å². The van der Waals surface area contributed by atoms with E-state index in [1.165, 1.54) is 56.3 Å². The Hall–Kier alpha value is -1.02. The van der Waals surface area contributed by atoms with Crippen molar-refractivity contribution in [2.45, 2.75) is 51.5 Å². The van der Waals surface area contributed by atoms with Crippen LogP contribution in [0.5, 0.6) is 5.75 Å². The Kier molecular flexibility index (Phi) is 3.79. The Balaban J connectivity index is 1.79. The van der Waals surface area contributed by atoms with Gasteiger partial charge in [-0.25, -0.2) is 0 Å². The molecule has 1 saturated heterocycles. The van der Waals surface area contributed by atoms with Crippen LogP contribution in [0.2, 0.25) is 0 Å². The fraction of sp³-hybridized carbons (Fsp3) is 0.647. The van der Waals surface area contributed by atoms with Gasteiger partial charge in [0.1, 0.15) is 5.75 Å². The van der Waals surface area contributed by atoms with Crippen molar-refractivity contribution in [1.29, 1.82) is 0 Å². The van der Waals surface area contributed by atoms with Gasteiger partial charge in [-0.3, -0.25) is 4.90 Å². The van der Waals surface area contributed by atoms with E-state index in [-0.39, 0.29) is 0 Å². The number of phenols is 1. The molecule has 2 aliphatic rings. The molecular weight excluding hydrogens is 234 g/mol. The molecule has 1 aromatic carbocycles. The van der Waals surface area contributed by atoms with Crippen LogP contribution in [0.3, 0.4) is 0 Å². The zero-order valence-electron chi connectivity index (χ0n) is 11.9. The standard InChI is InChI=1S/C17H25NO/c1-2-13-9-11-18(12-10-13)16-7-3-6-15-14(16)5-4-8-17(15)19/h4-5,8,13,16,19H,2-3,6-7,9-12H2,1H3. The summed E-state index contributed by atoms with van der Waals surface area (Å²) < 4.78 is 0. The third kappa shape index (κ3) is 2.51. The second-order valence-electron chi connectivity index (χ2n) is 6.14. The van der Waals surface area contributed by atoms with E-state index >= 15 is 0 Å². The number of benzene rings is 1. The minimum Gasteiger partial charge on any atom is -0.508 e. The molecule has 1 aromatic rings. The van der Waals surface area contributed by atoms with Crippen molar-refractivity contribution in [3.8, 4) is 5.75 Å². The molecule has 1 aliphatic heterocycles. The molecule has 1 fully saturated rings. The number of hydrogen-bond acceptors (Lipinski definition) is 2. The van der Waals surface area contributed by atoms with Gasteiger partial charge in [-0.1, -0.05) is 25.5 Å². The second kappa shape index (κ2) is 5.54. The third-order valence-electron chi connectivity index (χ3n) is 5.12. The second-order valence-corrected chi connectivity index (χ2v) is 6.14. The highest BCUT2D eigenvalue weighted by atomic mass is 16.3. The van der Waals surface area contributed by atoms with E-state index in [1.807, 2.05) is 12.1 Å². The molecular formula is C17H25NO. The molecule has 0 aromatic heterocycles. The molecule has 0 bridgehead atoms. The number of hydrogen-bond donors (Lipinski definition) is 1. The van der Waals surface area contributed by atoms with Crippen LogP contribution in [-0.4, -0.2) is 23.1 Å². The smallest absolute Gasteiger partial charge is 0.119 e. The average molecular weight is 259 g/mol. The first-order valence-electron chi connectivity index (χ1n) is 7.84. The molecule has 0 radical (unpaired) electrons. The van der Waals surface area contributed by atoms with Crippen LogP contribution in [-0.2, 0) is 6.42 Å². The molecule has 19 heavy (non-hydrogen) atoms. The Bertz CT molecular complexity index is 435. The summed E-state index contributed by atoms with van der Waals surface area (Å²) in [6.45, 7) is 4.78. The van der Waals surface area contributed by atoms with Crippen LogP contribution in [0, 0.1) is 5.92 Å². The molecule has 1 aliphatic carbocycles. The SMILES string of the molecule is CCC1CCN(C2CCCc3c(O)cccc32)CC1. The van der Waals surface area contributed by atoms with Gasteiger partial charge in [-0.2, -0.15) is 0 Å². The normalized spacial score (nSPS) is 25.2. The molecule has 1 N–H and O–H groups in total. The fourth-order valence-corrected chi connectivity index (χ4v) is 3.86. The average Bonchev–Trinajstić information content (AvgIpc) is 2.47. The quantitative estimate of drug-likeness (QED) is 0.871. The first-order chi connectivity index (χ1) is 9.29. The summed E-state index contributed by atoms with van der Waals surface area (Å²) in [4.78, 5) is 2.66. The Morgan fingerprint density at radius 2 is 2.00 bits per heavy atom. The van der Waals surface area contributed by atoms with Crippen molar-refractivity contribution in [2.75, 3.05) is 13.1 Å². The fourth-order valence-electron chi connectivity index (χ4n) is 3.86. The minimum atomic E-state index is 0.505. The molecule has 0 amide bonds. The van der Waals surface area contributed by atoms with E-state index in [0.717, 1.165) is 12.3 Å². The first-order valence-corrected chi connectivity index (χ1v) is 7.84. The molecule has 2 nitrogen and oxygen atoms in total. The maximum Gasteiger partial charge on any atom is 0.119 e. The highest BCUT2D eigenvalue weighted by Gasteiger charge is 2.29. The van der Waals surface area contributed by atoms with Crippen LogP contribution in [0.15, 0.2) is 18.2 Å². The highest BCUT2D eigenvalue weighted by Crippen LogP contribution is 2.39. The van der Waals surface area contributed by atoms with Crippen molar-refractivity contribution < 1.29 is 5.11 Å². The predicted octanol–water partition coefficient (Wildman–Crippen LogP) is 3.89. The van der Waals surface area contributed by atoms with Crippen LogP contribution in [0.4, 0.5) is 0 Å². The number of rotatable bonds is 2. The molecule has 1 unspecified atom stereocenters. The molecule has 1 heterocycles. The number of likely N-dealkylation sites (tertiary alicyclic amines) is 1. The monoisotopic (exact) mass is 259 g/mol. The van der Waals surface area contributed by atoms with Gasteiger partial charge in [0.15, 0.2) is 0 Å². The third-order valence-corrected chi connectivity index (χ3v) is 5.12. The summed E-state index contributed by atoms with van der Waals surface area (Å²) in [5.74, 6) is 1.44. The lowest BCUT2D eigenvalue weighted by Crippen LogP contribution is -2.38. The number of nitrogens with zero attached hydrogens (tertiary/aromatic N) is 1. The zero-order chi connectivity index (χ0) is 13.2. The lowest BCUT2D eigenvalue weighted by Gasteiger charge is -2.40. The molecule has 0 saturated carbocycles. The molecule has 1 atom stereocenters. The van der Waals surface area contributed by atoms with Gasteiger partial charge in [0, 0.05) is 6.04 Å². The Morgan fingerprint density at radius 1 is 1.21 bits per heavy atom. The summed E-state index contributed by atoms with van der Waals surface area (Å²) in [5, 5.41) is 10.0. The highest BCUT2D eigenvalue weighted by molar-refractivity contribution is 5.42. The molecule has 2 heteroatoms. The van der Waals surface area contributed by atoms with Crippen molar-refractivity contribution in [3.05, 3.63) is 29.3 Å². The lowest BCUT2D eigenvalue weighted by atomic mass is 9.84. The van der Waals surface area contributed by atoms with Crippen molar-refractivity contribution >= 4 is 0 Å². The molecule has 0 spiro atoms. The first kappa shape index (κ1) is 13.0. The molecule has 104 valence electrons. The molecule has 3 rings (SSSR count). The minimum absolute atomic E-state index is 0.505. The Labute approximate surface area is 116 Å². The van der Waals surface area contributed by atoms with Gasteiger partial charge in [-0.05, 0) is 68.3 Å². The van der Waals surface area contributed by atoms with Gasteiger partial charge in [0.05, 0.1) is 0 Å². The summed E-state index contributed by atoms with van der Waals surface area (Å²) in [6, 6.07) is 6.62. The summed E-state index contributed by atoms with van der Waals surface area (Å²) in [6.07, 6.45) is 7.54. The van der Waals surface area contributed by atoms with Gasteiger partial charge in [0.2, 0.25) is 0 Å². The van der Waals surface area contributed by atoms with Crippen molar-refractivity contribution in [1.82, 2.24) is 4.90 Å². The van der Waals surface area contributed by atoms with Gasteiger partial charge < -0.3 is 5.11 Å². The number of fused-ring (bicyclic) bond motifs is 1. The van der Waals surface area contributed by atoms with E-state index in [0.29, 0.717) is 11.8 Å². The van der Waals surface area contributed by atoms with Crippen LogP contribution in [0.1, 0.15) is 56.2 Å². The van der Waals surface area contributed by atoms with Crippen molar-refractivity contribution in [3.63, 3.8) is 0 Å². The topological polar surface area (TPSA) is 23.5 Å². The van der Waals surface area contributed by atoms with E-state index in [9.17, 15) is 5.11 Å². The van der Waals surface area contributed by atoms with E-state index < -0.39 is 0 Å². The summed E-state index contributed by atoms with van der Waals surface area (Å²) >= 11 is 0. The summed E-state index contributed by atoms with van der Waals surface area (Å²) in [7, 11) is 0. The summed E-state index contributed by atoms with van der Waals surface area (Å²) in [5.41, 5.74) is 2.59. The number of phenolic OH excluding ortho intramolecular Hbond substituents is 1. The predicted molar refractivity (Wildman–Crippen MR) is 78.4 cm³/mol. The van der Waals surface area contributed by atoms with Gasteiger partial charge >= 0.3 is 0 Å². The van der Waals surface area contributed by atoms with Crippen LogP contribution >= 0.6 is 0 Å². The number of aromatic hydroxyl groups is 1. The van der Waals surface area contributed by atoms with Crippen molar-refractivity contribution in [2.24, 2.45) is 5.92 Å². The van der Waals surface area contributed by atoms with Gasteiger partial charge in [-0.15, -0.1) is 0 Å². The number of piperidine rings is 1. The van der Waals surface area contributed by atoms with Crippen LogP contribution < -0.4 is 0 Å². The van der Waals surface area contributed by atoms with E-state index in [1.54, 1.807) is 0 Å². The lowest BCUT2D eigenvalue weighted by molar-refractivity contribution is 0.119.